The summed E-state index contributed by atoms with van der Waals surface area (Å²) in [6.45, 7) is 8.97. The third kappa shape index (κ3) is 7.33. The van der Waals surface area contributed by atoms with Crippen LogP contribution in [0.25, 0.3) is 0 Å². The van der Waals surface area contributed by atoms with Crippen LogP contribution in [0.4, 0.5) is 0 Å². The third-order valence-electron chi connectivity index (χ3n) is 2.25. The third-order valence-corrected chi connectivity index (χ3v) is 2.25. The predicted octanol–water partition coefficient (Wildman–Crippen LogP) is 1.63. The van der Waals surface area contributed by atoms with Crippen LogP contribution in [-0.2, 0) is 9.53 Å². The van der Waals surface area contributed by atoms with Crippen molar-refractivity contribution < 1.29 is 14.6 Å². The summed E-state index contributed by atoms with van der Waals surface area (Å²) in [7, 11) is 0. The molecule has 4 heteroatoms. The summed E-state index contributed by atoms with van der Waals surface area (Å²) >= 11 is 0. The number of hydrogen-bond donors (Lipinski definition) is 2. The van der Waals surface area contributed by atoms with Crippen LogP contribution in [0.2, 0.25) is 0 Å². The lowest BCUT2D eigenvalue weighted by molar-refractivity contribution is -0.143. The van der Waals surface area contributed by atoms with Gasteiger partial charge in [-0.1, -0.05) is 20.8 Å². The van der Waals surface area contributed by atoms with Gasteiger partial charge in [-0.25, -0.2) is 0 Å². The van der Waals surface area contributed by atoms with Crippen LogP contribution in [0.1, 0.15) is 40.5 Å². The molecule has 0 aliphatic rings. The van der Waals surface area contributed by atoms with E-state index >= 15 is 0 Å². The lowest BCUT2D eigenvalue weighted by Crippen LogP contribution is -2.45. The van der Waals surface area contributed by atoms with Gasteiger partial charge in [-0.3, -0.25) is 4.79 Å². The van der Waals surface area contributed by atoms with Crippen LogP contribution in [0.5, 0.6) is 0 Å². The van der Waals surface area contributed by atoms with E-state index in [1.54, 1.807) is 0 Å². The van der Waals surface area contributed by atoms with Crippen molar-refractivity contribution in [3.63, 3.8) is 0 Å². The maximum Gasteiger partial charge on any atom is 0.323 e. The predicted molar refractivity (Wildman–Crippen MR) is 59.7 cm³/mol. The molecular formula is C11H23NO3. The van der Waals surface area contributed by atoms with Crippen LogP contribution >= 0.6 is 0 Å². The summed E-state index contributed by atoms with van der Waals surface area (Å²) in [5.41, 5.74) is 4.62. The fraction of sp³-hybridized carbons (Fsp3) is 0.909. The number of aliphatic carboxylic acids is 1. The Bertz CT molecular complexity index is 206. The molecule has 3 N–H and O–H groups in total. The van der Waals surface area contributed by atoms with Crippen molar-refractivity contribution in [1.82, 2.24) is 0 Å². The first-order valence-corrected chi connectivity index (χ1v) is 5.25. The van der Waals surface area contributed by atoms with Gasteiger partial charge >= 0.3 is 5.97 Å². The van der Waals surface area contributed by atoms with E-state index in [4.69, 9.17) is 15.6 Å². The highest BCUT2D eigenvalue weighted by atomic mass is 16.5. The number of hydrogen-bond acceptors (Lipinski definition) is 3. The van der Waals surface area contributed by atoms with Gasteiger partial charge in [-0.2, -0.15) is 0 Å². The molecule has 0 aromatic rings. The van der Waals surface area contributed by atoms with Crippen LogP contribution < -0.4 is 5.73 Å². The van der Waals surface area contributed by atoms with E-state index in [9.17, 15) is 4.79 Å². The number of nitrogens with two attached hydrogens (primary N) is 1. The SMILES string of the molecule is CC(C)(C)CCOCCC(C)(N)C(=O)O. The van der Waals surface area contributed by atoms with Crippen LogP contribution in [0, 0.1) is 5.41 Å². The average Bonchev–Trinajstić information content (AvgIpc) is 2.00. The molecule has 0 saturated heterocycles. The molecule has 0 saturated carbocycles. The van der Waals surface area contributed by atoms with Gasteiger partial charge in [-0.05, 0) is 25.2 Å². The van der Waals surface area contributed by atoms with Crippen LogP contribution in [-0.4, -0.2) is 29.8 Å². The van der Waals surface area contributed by atoms with Gasteiger partial charge in [0.1, 0.15) is 5.54 Å². The Morgan fingerprint density at radius 2 is 1.67 bits per heavy atom. The smallest absolute Gasteiger partial charge is 0.323 e. The Morgan fingerprint density at radius 1 is 1.20 bits per heavy atom. The minimum absolute atomic E-state index is 0.249. The molecular weight excluding hydrogens is 194 g/mol. The number of carbonyl (C=O) groups is 1. The zero-order valence-electron chi connectivity index (χ0n) is 10.2. The summed E-state index contributed by atoms with van der Waals surface area (Å²) in [4.78, 5) is 10.7. The highest BCUT2D eigenvalue weighted by molar-refractivity contribution is 5.77. The van der Waals surface area contributed by atoms with E-state index < -0.39 is 11.5 Å². The van der Waals surface area contributed by atoms with Crippen molar-refractivity contribution >= 4 is 5.97 Å². The molecule has 1 unspecified atom stereocenters. The van der Waals surface area contributed by atoms with E-state index in [1.807, 2.05) is 0 Å². The van der Waals surface area contributed by atoms with Gasteiger partial charge in [0.25, 0.3) is 0 Å². The largest absolute Gasteiger partial charge is 0.480 e. The molecule has 15 heavy (non-hydrogen) atoms. The topological polar surface area (TPSA) is 72.5 Å². The van der Waals surface area contributed by atoms with Crippen molar-refractivity contribution in [2.24, 2.45) is 11.1 Å². The molecule has 0 fully saturated rings. The minimum atomic E-state index is -1.18. The molecule has 0 aliphatic heterocycles. The van der Waals surface area contributed by atoms with Crippen molar-refractivity contribution in [2.45, 2.75) is 46.1 Å². The van der Waals surface area contributed by atoms with Gasteiger partial charge in [0, 0.05) is 13.2 Å². The zero-order chi connectivity index (χ0) is 12.1. The molecule has 0 aromatic heterocycles. The molecule has 0 aliphatic carbocycles. The Labute approximate surface area is 91.8 Å². The number of rotatable bonds is 6. The Morgan fingerprint density at radius 3 is 2.07 bits per heavy atom. The van der Waals surface area contributed by atoms with Gasteiger partial charge in [0.2, 0.25) is 0 Å². The summed E-state index contributed by atoms with van der Waals surface area (Å²) in [5.74, 6) is -0.984. The zero-order valence-corrected chi connectivity index (χ0v) is 10.2. The standard InChI is InChI=1S/C11H23NO3/c1-10(2,3)5-7-15-8-6-11(4,12)9(13)14/h5-8,12H2,1-4H3,(H,13,14). The second-order valence-electron chi connectivity index (χ2n) is 5.40. The van der Waals surface area contributed by atoms with Crippen molar-refractivity contribution in [1.29, 1.82) is 0 Å². The second kappa shape index (κ2) is 5.47. The molecule has 0 spiro atoms. The molecule has 0 radical (unpaired) electrons. The van der Waals surface area contributed by atoms with Gasteiger partial charge in [0.15, 0.2) is 0 Å². The summed E-state index contributed by atoms with van der Waals surface area (Å²) in [6.07, 6.45) is 1.30. The monoisotopic (exact) mass is 217 g/mol. The summed E-state index contributed by atoms with van der Waals surface area (Å²) in [5, 5.41) is 8.75. The van der Waals surface area contributed by atoms with E-state index in [1.165, 1.54) is 6.92 Å². The highest BCUT2D eigenvalue weighted by Crippen LogP contribution is 2.18. The molecule has 0 amide bonds. The van der Waals surface area contributed by atoms with Crippen LogP contribution in [0.15, 0.2) is 0 Å². The quantitative estimate of drug-likeness (QED) is 0.663. The second-order valence-corrected chi connectivity index (χ2v) is 5.40. The van der Waals surface area contributed by atoms with Crippen molar-refractivity contribution in [2.75, 3.05) is 13.2 Å². The molecule has 0 aromatic carbocycles. The van der Waals surface area contributed by atoms with E-state index in [-0.39, 0.29) is 5.41 Å². The Hall–Kier alpha value is -0.610. The Balaban J connectivity index is 3.60. The van der Waals surface area contributed by atoms with E-state index in [0.29, 0.717) is 19.6 Å². The maximum atomic E-state index is 10.7. The molecule has 1 atom stereocenters. The number of carboxylic acid groups (broad SMARTS) is 1. The van der Waals surface area contributed by atoms with Gasteiger partial charge in [0.05, 0.1) is 0 Å². The minimum Gasteiger partial charge on any atom is -0.480 e. The van der Waals surface area contributed by atoms with Crippen molar-refractivity contribution in [3.8, 4) is 0 Å². The van der Waals surface area contributed by atoms with E-state index in [0.717, 1.165) is 6.42 Å². The van der Waals surface area contributed by atoms with E-state index in [2.05, 4.69) is 20.8 Å². The fourth-order valence-electron chi connectivity index (χ4n) is 0.872. The summed E-state index contributed by atoms with van der Waals surface area (Å²) < 4.78 is 5.35. The first-order chi connectivity index (χ1) is 6.65. The lowest BCUT2D eigenvalue weighted by Gasteiger charge is -2.20. The molecule has 0 bridgehead atoms. The molecule has 0 heterocycles. The fourth-order valence-corrected chi connectivity index (χ4v) is 0.872. The summed E-state index contributed by atoms with van der Waals surface area (Å²) in [6, 6.07) is 0. The number of ether oxygens (including phenoxy) is 1. The molecule has 0 rings (SSSR count). The first kappa shape index (κ1) is 14.4. The highest BCUT2D eigenvalue weighted by Gasteiger charge is 2.27. The first-order valence-electron chi connectivity index (χ1n) is 5.25. The average molecular weight is 217 g/mol. The molecule has 90 valence electrons. The van der Waals surface area contributed by atoms with Crippen LogP contribution in [0.3, 0.4) is 0 Å². The van der Waals surface area contributed by atoms with Gasteiger partial charge in [-0.15, -0.1) is 0 Å². The normalized spacial score (nSPS) is 16.1. The maximum absolute atomic E-state index is 10.7. The lowest BCUT2D eigenvalue weighted by atomic mass is 9.93. The van der Waals surface area contributed by atoms with Crippen molar-refractivity contribution in [3.05, 3.63) is 0 Å². The number of carboxylic acids is 1. The molecule has 4 nitrogen and oxygen atoms in total. The Kier molecular flexibility index (Phi) is 5.24. The van der Waals surface area contributed by atoms with Gasteiger partial charge < -0.3 is 15.6 Å².